The third-order valence-electron chi connectivity index (χ3n) is 3.87. The van der Waals surface area contributed by atoms with Gasteiger partial charge in [-0.1, -0.05) is 41.6 Å². The number of carbonyl (C=O) groups excluding carboxylic acids is 1. The lowest BCUT2D eigenvalue weighted by Gasteiger charge is -2.17. The third kappa shape index (κ3) is 4.11. The number of amides is 1. The van der Waals surface area contributed by atoms with Crippen LogP contribution >= 0.6 is 11.8 Å². The van der Waals surface area contributed by atoms with E-state index in [-0.39, 0.29) is 5.91 Å². The average Bonchev–Trinajstić information content (AvgIpc) is 3.24. The maximum absolute atomic E-state index is 12.4. The fourth-order valence-corrected chi connectivity index (χ4v) is 3.20. The summed E-state index contributed by atoms with van der Waals surface area (Å²) in [5.41, 5.74) is 2.33. The molecule has 0 N–H and O–H groups in total. The van der Waals surface area contributed by atoms with Gasteiger partial charge in [0.15, 0.2) is 16.7 Å². The molecule has 0 fully saturated rings. The summed E-state index contributed by atoms with van der Waals surface area (Å²) in [6, 6.07) is 11.8. The van der Waals surface area contributed by atoms with Gasteiger partial charge in [-0.15, -0.1) is 10.2 Å². The van der Waals surface area contributed by atoms with Crippen LogP contribution < -0.4 is 0 Å². The second kappa shape index (κ2) is 7.57. The van der Waals surface area contributed by atoms with Gasteiger partial charge in [-0.2, -0.15) is 0 Å². The quantitative estimate of drug-likeness (QED) is 0.635. The van der Waals surface area contributed by atoms with Gasteiger partial charge < -0.3 is 13.9 Å². The Morgan fingerprint density at radius 3 is 2.68 bits per heavy atom. The SMILES string of the molecule is Cc1ccc(CN(C)C(=O)CSc2nnc(-c3ccco3)n2C)cc1. The van der Waals surface area contributed by atoms with E-state index in [0.29, 0.717) is 29.0 Å². The molecule has 0 saturated heterocycles. The van der Waals surface area contributed by atoms with Gasteiger partial charge in [-0.3, -0.25) is 4.79 Å². The number of aryl methyl sites for hydroxylation is 1. The van der Waals surface area contributed by atoms with E-state index in [4.69, 9.17) is 4.42 Å². The van der Waals surface area contributed by atoms with E-state index in [1.165, 1.54) is 17.3 Å². The smallest absolute Gasteiger partial charge is 0.233 e. The maximum Gasteiger partial charge on any atom is 0.233 e. The molecule has 2 heterocycles. The molecule has 0 saturated carbocycles. The summed E-state index contributed by atoms with van der Waals surface area (Å²) in [7, 11) is 3.67. The predicted octanol–water partition coefficient (Wildman–Crippen LogP) is 3.13. The molecule has 0 radical (unpaired) electrons. The summed E-state index contributed by atoms with van der Waals surface area (Å²) < 4.78 is 7.17. The van der Waals surface area contributed by atoms with Crippen molar-refractivity contribution in [1.82, 2.24) is 19.7 Å². The minimum Gasteiger partial charge on any atom is -0.461 e. The van der Waals surface area contributed by atoms with Gasteiger partial charge in [0.25, 0.3) is 0 Å². The highest BCUT2D eigenvalue weighted by molar-refractivity contribution is 7.99. The van der Waals surface area contributed by atoms with Crippen LogP contribution in [0.3, 0.4) is 0 Å². The van der Waals surface area contributed by atoms with Crippen molar-refractivity contribution in [2.75, 3.05) is 12.8 Å². The molecule has 7 heteroatoms. The highest BCUT2D eigenvalue weighted by Crippen LogP contribution is 2.23. The lowest BCUT2D eigenvalue weighted by atomic mass is 10.1. The molecule has 6 nitrogen and oxygen atoms in total. The van der Waals surface area contributed by atoms with E-state index in [1.807, 2.05) is 43.8 Å². The van der Waals surface area contributed by atoms with Crippen LogP contribution in [0, 0.1) is 6.92 Å². The normalized spacial score (nSPS) is 10.8. The van der Waals surface area contributed by atoms with Gasteiger partial charge >= 0.3 is 0 Å². The van der Waals surface area contributed by atoms with Crippen molar-refractivity contribution in [1.29, 1.82) is 0 Å². The predicted molar refractivity (Wildman–Crippen MR) is 97.1 cm³/mol. The number of thioether (sulfide) groups is 1. The highest BCUT2D eigenvalue weighted by Gasteiger charge is 2.16. The standard InChI is InChI=1S/C18H20N4O2S/c1-13-6-8-14(9-7-13)11-21(2)16(23)12-25-18-20-19-17(22(18)3)15-5-4-10-24-15/h4-10H,11-12H2,1-3H3. The van der Waals surface area contributed by atoms with Crippen LogP contribution in [-0.2, 0) is 18.4 Å². The highest BCUT2D eigenvalue weighted by atomic mass is 32.2. The van der Waals surface area contributed by atoms with Crippen LogP contribution in [0.25, 0.3) is 11.6 Å². The molecule has 0 aliphatic carbocycles. The molecule has 25 heavy (non-hydrogen) atoms. The summed E-state index contributed by atoms with van der Waals surface area (Å²) in [6.45, 7) is 2.64. The lowest BCUT2D eigenvalue weighted by molar-refractivity contribution is -0.127. The molecular formula is C18H20N4O2S. The summed E-state index contributed by atoms with van der Waals surface area (Å²) >= 11 is 1.37. The Morgan fingerprint density at radius 2 is 2.00 bits per heavy atom. The van der Waals surface area contributed by atoms with E-state index in [9.17, 15) is 4.79 Å². The topological polar surface area (TPSA) is 64.2 Å². The number of benzene rings is 1. The Bertz CT molecular complexity index is 841. The molecule has 1 aromatic carbocycles. The van der Waals surface area contributed by atoms with E-state index in [0.717, 1.165) is 5.56 Å². The number of rotatable bonds is 6. The first-order valence-corrected chi connectivity index (χ1v) is 8.88. The van der Waals surface area contributed by atoms with E-state index >= 15 is 0 Å². The monoisotopic (exact) mass is 356 g/mol. The maximum atomic E-state index is 12.4. The van der Waals surface area contributed by atoms with Crippen molar-refractivity contribution in [3.63, 3.8) is 0 Å². The van der Waals surface area contributed by atoms with Crippen molar-refractivity contribution in [3.8, 4) is 11.6 Å². The zero-order valence-electron chi connectivity index (χ0n) is 14.5. The zero-order chi connectivity index (χ0) is 17.8. The fraction of sp³-hybridized carbons (Fsp3) is 0.278. The molecule has 3 rings (SSSR count). The Morgan fingerprint density at radius 1 is 1.24 bits per heavy atom. The van der Waals surface area contributed by atoms with Crippen molar-refractivity contribution >= 4 is 17.7 Å². The summed E-state index contributed by atoms with van der Waals surface area (Å²) in [6.07, 6.45) is 1.60. The van der Waals surface area contributed by atoms with E-state index < -0.39 is 0 Å². The first kappa shape index (κ1) is 17.3. The van der Waals surface area contributed by atoms with Crippen LogP contribution in [-0.4, -0.2) is 38.4 Å². The summed E-state index contributed by atoms with van der Waals surface area (Å²) in [5, 5.41) is 8.96. The average molecular weight is 356 g/mol. The molecule has 130 valence electrons. The first-order valence-electron chi connectivity index (χ1n) is 7.90. The summed E-state index contributed by atoms with van der Waals surface area (Å²) in [5.74, 6) is 1.66. The Balaban J connectivity index is 1.58. The van der Waals surface area contributed by atoms with Gasteiger partial charge in [0.1, 0.15) is 0 Å². The number of aromatic nitrogens is 3. The number of furan rings is 1. The van der Waals surface area contributed by atoms with Crippen molar-refractivity contribution in [3.05, 3.63) is 53.8 Å². The van der Waals surface area contributed by atoms with Crippen molar-refractivity contribution in [2.45, 2.75) is 18.6 Å². The van der Waals surface area contributed by atoms with Crippen LogP contribution in [0.4, 0.5) is 0 Å². The van der Waals surface area contributed by atoms with Crippen molar-refractivity contribution in [2.24, 2.45) is 7.05 Å². The molecular weight excluding hydrogens is 336 g/mol. The van der Waals surface area contributed by atoms with Crippen LogP contribution in [0.15, 0.2) is 52.2 Å². The molecule has 2 aromatic heterocycles. The Labute approximate surface area is 150 Å². The first-order chi connectivity index (χ1) is 12.0. The molecule has 0 unspecified atom stereocenters. The molecule has 0 spiro atoms. The minimum absolute atomic E-state index is 0.0492. The van der Waals surface area contributed by atoms with Crippen LogP contribution in [0.2, 0.25) is 0 Å². The molecule has 1 amide bonds. The molecule has 0 aliphatic heterocycles. The largest absolute Gasteiger partial charge is 0.461 e. The van der Waals surface area contributed by atoms with E-state index in [2.05, 4.69) is 22.3 Å². The molecule has 3 aromatic rings. The lowest BCUT2D eigenvalue weighted by Crippen LogP contribution is -2.27. The number of carbonyl (C=O) groups is 1. The van der Waals surface area contributed by atoms with E-state index in [1.54, 1.807) is 17.2 Å². The van der Waals surface area contributed by atoms with Gasteiger partial charge in [0.05, 0.1) is 12.0 Å². The minimum atomic E-state index is 0.0492. The zero-order valence-corrected chi connectivity index (χ0v) is 15.3. The fourth-order valence-electron chi connectivity index (χ4n) is 2.35. The third-order valence-corrected chi connectivity index (χ3v) is 4.87. The number of hydrogen-bond donors (Lipinski definition) is 0. The van der Waals surface area contributed by atoms with Crippen LogP contribution in [0.1, 0.15) is 11.1 Å². The van der Waals surface area contributed by atoms with Gasteiger partial charge in [0, 0.05) is 20.6 Å². The van der Waals surface area contributed by atoms with Crippen LogP contribution in [0.5, 0.6) is 0 Å². The summed E-state index contributed by atoms with van der Waals surface area (Å²) in [4.78, 5) is 14.1. The second-order valence-electron chi connectivity index (χ2n) is 5.87. The Hall–Kier alpha value is -2.54. The number of nitrogens with zero attached hydrogens (tertiary/aromatic N) is 4. The molecule has 0 atom stereocenters. The number of hydrogen-bond acceptors (Lipinski definition) is 5. The Kier molecular flexibility index (Phi) is 5.23. The van der Waals surface area contributed by atoms with Gasteiger partial charge in [0.2, 0.25) is 5.91 Å². The molecule has 0 aliphatic rings. The van der Waals surface area contributed by atoms with Gasteiger partial charge in [-0.05, 0) is 24.6 Å². The molecule has 0 bridgehead atoms. The van der Waals surface area contributed by atoms with Crippen molar-refractivity contribution < 1.29 is 9.21 Å². The van der Waals surface area contributed by atoms with Gasteiger partial charge in [-0.25, -0.2) is 0 Å². The second-order valence-corrected chi connectivity index (χ2v) is 6.81.